The third kappa shape index (κ3) is 6.49. The Hall–Kier alpha value is -1.06. The van der Waals surface area contributed by atoms with Gasteiger partial charge in [-0.05, 0) is 51.1 Å². The quantitative estimate of drug-likeness (QED) is 0.560. The Bertz CT molecular complexity index is 504. The summed E-state index contributed by atoms with van der Waals surface area (Å²) < 4.78 is 49.1. The molecule has 0 aromatic rings. The largest absolute Gasteiger partial charge is 0.401 e. The number of piperidine rings is 1. The monoisotopic (exact) mass is 406 g/mol. The molecule has 3 aliphatic rings. The molecule has 3 saturated heterocycles. The standard InChI is InChI=1S/C19H33F3N4O2/c1-23-18(26-10-12-28-17(13-26)16-3-2-11-27-16)24-7-4-15-5-8-25(9-6-15)14-19(20,21)22/h15-17H,2-14H2,1H3,(H,23,24). The van der Waals surface area contributed by atoms with Gasteiger partial charge in [0.15, 0.2) is 5.96 Å². The van der Waals surface area contributed by atoms with E-state index in [0.717, 1.165) is 64.3 Å². The molecule has 0 bridgehead atoms. The maximum atomic E-state index is 12.5. The zero-order chi connectivity index (χ0) is 20.0. The second-order valence-corrected chi connectivity index (χ2v) is 8.00. The maximum Gasteiger partial charge on any atom is 0.401 e. The molecule has 3 rings (SSSR count). The van der Waals surface area contributed by atoms with Gasteiger partial charge in [-0.1, -0.05) is 0 Å². The molecule has 9 heteroatoms. The van der Waals surface area contributed by atoms with Crippen molar-refractivity contribution in [2.45, 2.75) is 50.5 Å². The van der Waals surface area contributed by atoms with E-state index in [1.807, 2.05) is 0 Å². The molecule has 3 fully saturated rings. The van der Waals surface area contributed by atoms with Crippen LogP contribution in [0.2, 0.25) is 0 Å². The summed E-state index contributed by atoms with van der Waals surface area (Å²) in [6, 6.07) is 0. The lowest BCUT2D eigenvalue weighted by Crippen LogP contribution is -2.53. The van der Waals surface area contributed by atoms with E-state index in [-0.39, 0.29) is 12.2 Å². The van der Waals surface area contributed by atoms with Gasteiger partial charge in [0, 0.05) is 33.3 Å². The molecule has 162 valence electrons. The van der Waals surface area contributed by atoms with Crippen molar-refractivity contribution in [3.63, 3.8) is 0 Å². The minimum atomic E-state index is -4.10. The summed E-state index contributed by atoms with van der Waals surface area (Å²) in [5, 5.41) is 3.43. The van der Waals surface area contributed by atoms with Crippen LogP contribution in [-0.2, 0) is 9.47 Å². The van der Waals surface area contributed by atoms with Gasteiger partial charge in [0.05, 0.1) is 19.3 Å². The maximum absolute atomic E-state index is 12.5. The predicted octanol–water partition coefficient (Wildman–Crippen LogP) is 2.11. The van der Waals surface area contributed by atoms with Gasteiger partial charge in [0.2, 0.25) is 0 Å². The average Bonchev–Trinajstić information content (AvgIpc) is 3.20. The van der Waals surface area contributed by atoms with Crippen LogP contribution in [0.25, 0.3) is 0 Å². The van der Waals surface area contributed by atoms with Crippen LogP contribution < -0.4 is 5.32 Å². The number of hydrogen-bond acceptors (Lipinski definition) is 4. The van der Waals surface area contributed by atoms with E-state index in [9.17, 15) is 13.2 Å². The zero-order valence-electron chi connectivity index (χ0n) is 16.7. The second-order valence-electron chi connectivity index (χ2n) is 8.00. The van der Waals surface area contributed by atoms with E-state index in [2.05, 4.69) is 15.2 Å². The predicted molar refractivity (Wildman–Crippen MR) is 101 cm³/mol. The van der Waals surface area contributed by atoms with Crippen molar-refractivity contribution in [3.05, 3.63) is 0 Å². The van der Waals surface area contributed by atoms with Crippen molar-refractivity contribution >= 4 is 5.96 Å². The summed E-state index contributed by atoms with van der Waals surface area (Å²) >= 11 is 0. The second kappa shape index (κ2) is 10.1. The molecular formula is C19H33F3N4O2. The molecule has 3 heterocycles. The molecule has 0 amide bonds. The van der Waals surface area contributed by atoms with E-state index < -0.39 is 12.7 Å². The average molecular weight is 406 g/mol. The lowest BCUT2D eigenvalue weighted by Gasteiger charge is -2.37. The van der Waals surface area contributed by atoms with E-state index in [1.54, 1.807) is 7.05 Å². The summed E-state index contributed by atoms with van der Waals surface area (Å²) in [5.41, 5.74) is 0. The number of nitrogens with zero attached hydrogens (tertiary/aromatic N) is 3. The number of nitrogens with one attached hydrogen (secondary N) is 1. The van der Waals surface area contributed by atoms with Crippen LogP contribution in [-0.4, -0.2) is 93.7 Å². The fourth-order valence-electron chi connectivity index (χ4n) is 4.40. The lowest BCUT2D eigenvalue weighted by atomic mass is 9.93. The highest BCUT2D eigenvalue weighted by molar-refractivity contribution is 5.80. The number of morpholine rings is 1. The molecule has 0 radical (unpaired) electrons. The molecular weight excluding hydrogens is 373 g/mol. The number of ether oxygens (including phenoxy) is 2. The first-order valence-electron chi connectivity index (χ1n) is 10.4. The summed E-state index contributed by atoms with van der Waals surface area (Å²) in [6.45, 7) is 4.14. The molecule has 28 heavy (non-hydrogen) atoms. The topological polar surface area (TPSA) is 49.3 Å². The van der Waals surface area contributed by atoms with Gasteiger partial charge in [-0.15, -0.1) is 0 Å². The van der Waals surface area contributed by atoms with Crippen molar-refractivity contribution < 1.29 is 22.6 Å². The van der Waals surface area contributed by atoms with E-state index >= 15 is 0 Å². The first-order chi connectivity index (χ1) is 13.4. The minimum absolute atomic E-state index is 0.0905. The molecule has 2 unspecified atom stereocenters. The molecule has 0 aromatic heterocycles. The van der Waals surface area contributed by atoms with Crippen LogP contribution in [0, 0.1) is 5.92 Å². The van der Waals surface area contributed by atoms with Crippen molar-refractivity contribution in [1.82, 2.24) is 15.1 Å². The number of hydrogen-bond donors (Lipinski definition) is 1. The van der Waals surface area contributed by atoms with Gasteiger partial charge in [-0.3, -0.25) is 9.89 Å². The van der Waals surface area contributed by atoms with E-state index in [0.29, 0.717) is 25.6 Å². The summed E-state index contributed by atoms with van der Waals surface area (Å²) in [4.78, 5) is 8.15. The van der Waals surface area contributed by atoms with Gasteiger partial charge in [-0.2, -0.15) is 13.2 Å². The molecule has 2 atom stereocenters. The Balaban J connectivity index is 1.36. The Morgan fingerprint density at radius 1 is 1.07 bits per heavy atom. The number of likely N-dealkylation sites (tertiary alicyclic amines) is 1. The molecule has 6 nitrogen and oxygen atoms in total. The van der Waals surface area contributed by atoms with Crippen LogP contribution in [0.1, 0.15) is 32.1 Å². The highest BCUT2D eigenvalue weighted by atomic mass is 19.4. The Labute approximate surface area is 165 Å². The Kier molecular flexibility index (Phi) is 7.82. The number of guanidine groups is 1. The SMILES string of the molecule is CN=C(NCCC1CCN(CC(F)(F)F)CC1)N1CCOC(C2CCCO2)C1. The Morgan fingerprint density at radius 2 is 1.82 bits per heavy atom. The van der Waals surface area contributed by atoms with Crippen molar-refractivity contribution in [2.24, 2.45) is 10.9 Å². The van der Waals surface area contributed by atoms with Gasteiger partial charge >= 0.3 is 6.18 Å². The van der Waals surface area contributed by atoms with Crippen LogP contribution in [0.4, 0.5) is 13.2 Å². The van der Waals surface area contributed by atoms with E-state index in [4.69, 9.17) is 9.47 Å². The molecule has 3 aliphatic heterocycles. The van der Waals surface area contributed by atoms with Gasteiger partial charge < -0.3 is 19.7 Å². The molecule has 1 N–H and O–H groups in total. The highest BCUT2D eigenvalue weighted by Gasteiger charge is 2.33. The normalized spacial score (nSPS) is 28.7. The third-order valence-corrected chi connectivity index (χ3v) is 5.93. The first kappa shape index (κ1) is 21.6. The van der Waals surface area contributed by atoms with Crippen molar-refractivity contribution in [2.75, 3.05) is 59.5 Å². The van der Waals surface area contributed by atoms with Crippen LogP contribution in [0.5, 0.6) is 0 Å². The number of aliphatic imine (C=N–C) groups is 1. The number of alkyl halides is 3. The van der Waals surface area contributed by atoms with E-state index in [1.165, 1.54) is 4.90 Å². The molecule has 0 aromatic carbocycles. The van der Waals surface area contributed by atoms with Crippen molar-refractivity contribution in [1.29, 1.82) is 0 Å². The van der Waals surface area contributed by atoms with Crippen LogP contribution in [0.15, 0.2) is 4.99 Å². The summed E-state index contributed by atoms with van der Waals surface area (Å²) in [6.07, 6.45) is 0.940. The third-order valence-electron chi connectivity index (χ3n) is 5.93. The van der Waals surface area contributed by atoms with Crippen molar-refractivity contribution in [3.8, 4) is 0 Å². The fraction of sp³-hybridized carbons (Fsp3) is 0.947. The van der Waals surface area contributed by atoms with Crippen LogP contribution >= 0.6 is 0 Å². The Morgan fingerprint density at radius 3 is 2.46 bits per heavy atom. The number of halogens is 3. The molecule has 0 spiro atoms. The number of rotatable bonds is 5. The van der Waals surface area contributed by atoms with Gasteiger partial charge in [-0.25, -0.2) is 0 Å². The zero-order valence-corrected chi connectivity index (χ0v) is 16.7. The fourth-order valence-corrected chi connectivity index (χ4v) is 4.40. The lowest BCUT2D eigenvalue weighted by molar-refractivity contribution is -0.148. The smallest absolute Gasteiger partial charge is 0.375 e. The molecule has 0 saturated carbocycles. The summed E-state index contributed by atoms with van der Waals surface area (Å²) in [7, 11) is 1.79. The minimum Gasteiger partial charge on any atom is -0.375 e. The highest BCUT2D eigenvalue weighted by Crippen LogP contribution is 2.24. The van der Waals surface area contributed by atoms with Gasteiger partial charge in [0.1, 0.15) is 6.10 Å². The molecule has 0 aliphatic carbocycles. The summed E-state index contributed by atoms with van der Waals surface area (Å²) in [5.74, 6) is 1.35. The first-order valence-corrected chi connectivity index (χ1v) is 10.4. The van der Waals surface area contributed by atoms with Crippen LogP contribution in [0.3, 0.4) is 0 Å². The van der Waals surface area contributed by atoms with Gasteiger partial charge in [0.25, 0.3) is 0 Å².